The lowest BCUT2D eigenvalue weighted by Crippen LogP contribution is -2.56. The van der Waals surface area contributed by atoms with E-state index in [0.717, 1.165) is 41.5 Å². The number of nitrogens with zero attached hydrogens (tertiary/aromatic N) is 1. The van der Waals surface area contributed by atoms with Crippen molar-refractivity contribution in [2.24, 2.45) is 11.8 Å². The third-order valence-electron chi connectivity index (χ3n) is 8.20. The Morgan fingerprint density at radius 2 is 1.32 bits per heavy atom. The Hall–Kier alpha value is -2.77. The van der Waals surface area contributed by atoms with Gasteiger partial charge in [0.1, 0.15) is 0 Å². The van der Waals surface area contributed by atoms with E-state index < -0.39 is 26.5 Å². The molecule has 0 N–H and O–H groups in total. The summed E-state index contributed by atoms with van der Waals surface area (Å²) in [4.78, 5) is 41.5. The van der Waals surface area contributed by atoms with Gasteiger partial charge in [-0.15, -0.1) is 0 Å². The number of aromatic carboxylic acids is 1. The van der Waals surface area contributed by atoms with E-state index in [1.165, 1.54) is 11.0 Å². The Kier molecular flexibility index (Phi) is 5.73. The average molecular weight is 622 g/mol. The van der Waals surface area contributed by atoms with Crippen LogP contribution >= 0.6 is 31.9 Å². The fraction of sp³-hybridized carbons (Fsp3) is 0.300. The molecule has 0 radical (unpaired) electrons. The zero-order valence-electron chi connectivity index (χ0n) is 20.2. The molecule has 1 aliphatic heterocycles. The summed E-state index contributed by atoms with van der Waals surface area (Å²) in [6.07, 6.45) is 3.30. The van der Waals surface area contributed by atoms with Crippen LogP contribution in [0, 0.1) is 11.8 Å². The zero-order chi connectivity index (χ0) is 26.1. The number of anilines is 1. The highest BCUT2D eigenvalue weighted by atomic mass is 79.9. The number of carboxylic acids is 1. The normalized spacial score (nSPS) is 27.2. The molecule has 3 aromatic rings. The third kappa shape index (κ3) is 3.16. The van der Waals surface area contributed by atoms with Crippen molar-refractivity contribution in [3.05, 3.63) is 100 Å². The van der Waals surface area contributed by atoms with Gasteiger partial charge in [-0.1, -0.05) is 106 Å². The van der Waals surface area contributed by atoms with Crippen LogP contribution in [0.15, 0.2) is 66.7 Å². The fourth-order valence-electron chi connectivity index (χ4n) is 6.61. The summed E-state index contributed by atoms with van der Waals surface area (Å²) < 4.78 is -1.73. The molecule has 4 aliphatic rings. The zero-order valence-corrected chi connectivity index (χ0v) is 23.3. The molecule has 1 heterocycles. The van der Waals surface area contributed by atoms with Gasteiger partial charge in [0, 0.05) is 5.56 Å². The standard InChI is InChI=1S/C30H25Br2NO4/c1-2-3-4-9-17-16-18(14-15-19(17)28(36)37)33-26(34)24-25(27(33)35)30(32)21-11-6-5-10-20(21)29(24,31)22-12-7-8-13-23(22)30/h5-8,10-16,24-25H,2-4,9H2,1H3,(H,36,37)/p-1. The first-order chi connectivity index (χ1) is 17.8. The van der Waals surface area contributed by atoms with Crippen molar-refractivity contribution in [3.8, 4) is 0 Å². The van der Waals surface area contributed by atoms with E-state index in [4.69, 9.17) is 0 Å². The van der Waals surface area contributed by atoms with Crippen LogP contribution in [0.4, 0.5) is 5.69 Å². The molecule has 0 spiro atoms. The molecule has 0 aromatic heterocycles. The summed E-state index contributed by atoms with van der Waals surface area (Å²) in [6, 6.07) is 20.6. The van der Waals surface area contributed by atoms with Crippen LogP contribution in [-0.2, 0) is 24.7 Å². The molecule has 1 fully saturated rings. The van der Waals surface area contributed by atoms with E-state index in [-0.39, 0.29) is 17.4 Å². The SMILES string of the molecule is CCCCCc1cc(N2C(=O)C3C(C2=O)C2(Br)c4ccccc4C3(Br)c3ccccc32)ccc1C(=O)[O-]. The molecule has 37 heavy (non-hydrogen) atoms. The number of rotatable bonds is 6. The molecule has 3 aromatic carbocycles. The van der Waals surface area contributed by atoms with E-state index in [0.29, 0.717) is 17.7 Å². The highest BCUT2D eigenvalue weighted by Gasteiger charge is 2.72. The van der Waals surface area contributed by atoms with Crippen molar-refractivity contribution in [3.63, 3.8) is 0 Å². The summed E-state index contributed by atoms with van der Waals surface area (Å²) in [5.41, 5.74) is 4.98. The number of amides is 2. The molecule has 7 heteroatoms. The largest absolute Gasteiger partial charge is 0.545 e. The monoisotopic (exact) mass is 620 g/mol. The maximum Gasteiger partial charge on any atom is 0.239 e. The molecule has 2 amide bonds. The number of carbonyl (C=O) groups is 3. The lowest BCUT2D eigenvalue weighted by molar-refractivity contribution is -0.255. The van der Waals surface area contributed by atoms with Crippen molar-refractivity contribution in [2.45, 2.75) is 41.3 Å². The van der Waals surface area contributed by atoms with Gasteiger partial charge in [0.05, 0.1) is 32.1 Å². The number of imide groups is 1. The van der Waals surface area contributed by atoms with Crippen LogP contribution in [0.3, 0.4) is 0 Å². The van der Waals surface area contributed by atoms with Crippen molar-refractivity contribution < 1.29 is 19.5 Å². The summed E-state index contributed by atoms with van der Waals surface area (Å²) in [5.74, 6) is -3.18. The number of aryl methyl sites for hydroxylation is 1. The van der Waals surface area contributed by atoms with Gasteiger partial charge in [0.25, 0.3) is 0 Å². The highest BCUT2D eigenvalue weighted by molar-refractivity contribution is 9.10. The average Bonchev–Trinajstić information content (AvgIpc) is 3.18. The van der Waals surface area contributed by atoms with E-state index >= 15 is 0 Å². The molecule has 0 saturated carbocycles. The Morgan fingerprint density at radius 1 is 0.838 bits per heavy atom. The van der Waals surface area contributed by atoms with Crippen LogP contribution in [-0.4, -0.2) is 17.8 Å². The van der Waals surface area contributed by atoms with Crippen molar-refractivity contribution >= 4 is 55.3 Å². The minimum absolute atomic E-state index is 0.102. The molecule has 2 atom stereocenters. The first kappa shape index (κ1) is 24.6. The van der Waals surface area contributed by atoms with Crippen LogP contribution in [0.2, 0.25) is 0 Å². The highest BCUT2D eigenvalue weighted by Crippen LogP contribution is 2.70. The van der Waals surface area contributed by atoms with Gasteiger partial charge in [-0.3, -0.25) is 9.59 Å². The van der Waals surface area contributed by atoms with E-state index in [9.17, 15) is 19.5 Å². The van der Waals surface area contributed by atoms with Crippen LogP contribution in [0.1, 0.15) is 64.4 Å². The minimum atomic E-state index is -1.26. The Balaban J connectivity index is 1.52. The maximum atomic E-state index is 14.2. The van der Waals surface area contributed by atoms with Gasteiger partial charge >= 0.3 is 0 Å². The second-order valence-corrected chi connectivity index (χ2v) is 12.6. The quantitative estimate of drug-likeness (QED) is 0.216. The predicted molar refractivity (Wildman–Crippen MR) is 146 cm³/mol. The van der Waals surface area contributed by atoms with E-state index in [1.54, 1.807) is 12.1 Å². The first-order valence-corrected chi connectivity index (χ1v) is 14.1. The van der Waals surface area contributed by atoms with Crippen molar-refractivity contribution in [1.29, 1.82) is 0 Å². The number of halogens is 2. The second-order valence-electron chi connectivity index (χ2n) is 10.1. The Labute approximate surface area is 232 Å². The Bertz CT molecular complexity index is 1360. The lowest BCUT2D eigenvalue weighted by atomic mass is 9.54. The maximum absolute atomic E-state index is 14.2. The van der Waals surface area contributed by atoms with Gasteiger partial charge < -0.3 is 9.90 Å². The number of alkyl halides is 2. The van der Waals surface area contributed by atoms with Gasteiger partial charge in [-0.2, -0.15) is 0 Å². The summed E-state index contributed by atoms with van der Waals surface area (Å²) in [6.45, 7) is 2.08. The van der Waals surface area contributed by atoms with Gasteiger partial charge in [0.2, 0.25) is 11.8 Å². The number of hydrogen-bond donors (Lipinski definition) is 0. The fourth-order valence-corrected chi connectivity index (χ4v) is 8.92. The first-order valence-electron chi connectivity index (χ1n) is 12.6. The molecule has 5 nitrogen and oxygen atoms in total. The molecule has 1 saturated heterocycles. The third-order valence-corrected chi connectivity index (χ3v) is 10.9. The van der Waals surface area contributed by atoms with Gasteiger partial charge in [-0.25, -0.2) is 4.90 Å². The number of carbonyl (C=O) groups excluding carboxylic acids is 3. The molecule has 188 valence electrons. The number of carboxylic acid groups (broad SMARTS) is 1. The molecule has 3 aliphatic carbocycles. The van der Waals surface area contributed by atoms with E-state index in [2.05, 4.69) is 38.8 Å². The number of unbranched alkanes of at least 4 members (excludes halogenated alkanes) is 2. The molecular weight excluding hydrogens is 598 g/mol. The summed E-state index contributed by atoms with van der Waals surface area (Å²) in [7, 11) is 0. The Morgan fingerprint density at radius 3 is 1.76 bits per heavy atom. The molecule has 2 unspecified atom stereocenters. The van der Waals surface area contributed by atoms with Crippen LogP contribution < -0.4 is 10.0 Å². The minimum Gasteiger partial charge on any atom is -0.545 e. The summed E-state index contributed by atoms with van der Waals surface area (Å²) >= 11 is 8.02. The number of hydrogen-bond acceptors (Lipinski definition) is 4. The molecular formula is C30H24Br2NO4-. The van der Waals surface area contributed by atoms with Crippen molar-refractivity contribution in [1.82, 2.24) is 0 Å². The van der Waals surface area contributed by atoms with Crippen LogP contribution in [0.5, 0.6) is 0 Å². The van der Waals surface area contributed by atoms with E-state index in [1.807, 2.05) is 48.5 Å². The van der Waals surface area contributed by atoms with Crippen molar-refractivity contribution in [2.75, 3.05) is 4.90 Å². The smallest absolute Gasteiger partial charge is 0.239 e. The number of benzene rings is 3. The lowest BCUT2D eigenvalue weighted by Gasteiger charge is -2.55. The summed E-state index contributed by atoms with van der Waals surface area (Å²) in [5, 5.41) is 11.8. The van der Waals surface area contributed by atoms with Gasteiger partial charge in [0.15, 0.2) is 0 Å². The molecule has 2 bridgehead atoms. The second kappa shape index (κ2) is 8.63. The molecule has 7 rings (SSSR count). The van der Waals surface area contributed by atoms with Crippen LogP contribution in [0.25, 0.3) is 0 Å². The predicted octanol–water partition coefficient (Wildman–Crippen LogP) is 5.19. The van der Waals surface area contributed by atoms with Gasteiger partial charge in [-0.05, 0) is 52.8 Å². The topological polar surface area (TPSA) is 77.5 Å².